The number of ketones is 1. The predicted molar refractivity (Wildman–Crippen MR) is 146 cm³/mol. The summed E-state index contributed by atoms with van der Waals surface area (Å²) in [6.07, 6.45) is -0.0845. The Hall–Kier alpha value is -3.23. The molecule has 0 saturated carbocycles. The molecule has 0 aliphatic carbocycles. The topological polar surface area (TPSA) is 136 Å². The van der Waals surface area contributed by atoms with Crippen molar-refractivity contribution in [1.29, 1.82) is 0 Å². The van der Waals surface area contributed by atoms with E-state index in [2.05, 4.69) is 5.32 Å². The van der Waals surface area contributed by atoms with Crippen LogP contribution < -0.4 is 5.32 Å². The fourth-order valence-corrected chi connectivity index (χ4v) is 4.03. The van der Waals surface area contributed by atoms with Gasteiger partial charge in [0.15, 0.2) is 5.78 Å². The van der Waals surface area contributed by atoms with E-state index in [4.69, 9.17) is 9.47 Å². The molecule has 218 valence electrons. The first-order valence-corrected chi connectivity index (χ1v) is 13.6. The van der Waals surface area contributed by atoms with E-state index in [1.807, 2.05) is 37.3 Å². The number of carboxylic acids is 1. The predicted octanol–water partition coefficient (Wildman–Crippen LogP) is 4.70. The van der Waals surface area contributed by atoms with Crippen molar-refractivity contribution in [2.75, 3.05) is 0 Å². The van der Waals surface area contributed by atoms with Gasteiger partial charge in [-0.2, -0.15) is 0 Å². The number of carbonyl (C=O) groups excluding carboxylic acids is 4. The van der Waals surface area contributed by atoms with Gasteiger partial charge in [-0.15, -0.1) is 0 Å². The van der Waals surface area contributed by atoms with Crippen LogP contribution in [0.1, 0.15) is 86.1 Å². The van der Waals surface area contributed by atoms with Crippen molar-refractivity contribution in [3.63, 3.8) is 0 Å². The van der Waals surface area contributed by atoms with Crippen LogP contribution in [0.15, 0.2) is 30.3 Å². The van der Waals surface area contributed by atoms with E-state index in [9.17, 15) is 29.1 Å². The smallest absolute Gasteiger partial charge is 0.307 e. The number of nitrogens with one attached hydrogen (secondary N) is 1. The highest BCUT2D eigenvalue weighted by atomic mass is 16.6. The molecule has 1 amide bonds. The highest BCUT2D eigenvalue weighted by Crippen LogP contribution is 2.23. The molecule has 0 aromatic heterocycles. The number of Topliss-reactive ketones (excluding diaryl/α,β-unsaturated/α-hetero) is 1. The van der Waals surface area contributed by atoms with Crippen LogP contribution in [0.4, 0.5) is 0 Å². The number of carboxylic acid groups (broad SMARTS) is 1. The lowest BCUT2D eigenvalue weighted by atomic mass is 9.85. The summed E-state index contributed by atoms with van der Waals surface area (Å²) in [4.78, 5) is 63.2. The largest absolute Gasteiger partial charge is 0.481 e. The fraction of sp³-hybridized carbons (Fsp3) is 0.633. The molecule has 1 aromatic carbocycles. The summed E-state index contributed by atoms with van der Waals surface area (Å²) in [6.45, 7) is 12.4. The van der Waals surface area contributed by atoms with E-state index >= 15 is 0 Å². The molecule has 0 heterocycles. The standard InChI is InChI=1S/C30H45NO8/c1-8-20(4)23(29(36)37)16-25(32)24(14-15-26(33)39-30(5,6)7)31-28(35)22(19(2)3)17-27(34)38-18-21-12-10-9-11-13-21/h9-13,19-20,22-24H,8,14-18H2,1-7H3,(H,31,35)(H,36,37)/t20?,22-,23+,24-/m0/s1. The van der Waals surface area contributed by atoms with Gasteiger partial charge < -0.3 is 19.9 Å². The molecule has 0 fully saturated rings. The second-order valence-corrected chi connectivity index (χ2v) is 11.4. The summed E-state index contributed by atoms with van der Waals surface area (Å²) >= 11 is 0. The summed E-state index contributed by atoms with van der Waals surface area (Å²) < 4.78 is 10.7. The molecule has 39 heavy (non-hydrogen) atoms. The number of hydrogen-bond acceptors (Lipinski definition) is 7. The van der Waals surface area contributed by atoms with Crippen LogP contribution in [-0.4, -0.2) is 46.3 Å². The van der Waals surface area contributed by atoms with Gasteiger partial charge >= 0.3 is 17.9 Å². The first-order valence-electron chi connectivity index (χ1n) is 13.6. The van der Waals surface area contributed by atoms with Crippen LogP contribution in [-0.2, 0) is 40.1 Å². The summed E-state index contributed by atoms with van der Waals surface area (Å²) in [5.74, 6) is -5.38. The lowest BCUT2D eigenvalue weighted by Gasteiger charge is -2.26. The van der Waals surface area contributed by atoms with E-state index in [0.29, 0.717) is 6.42 Å². The van der Waals surface area contributed by atoms with Gasteiger partial charge in [-0.05, 0) is 44.6 Å². The zero-order valence-electron chi connectivity index (χ0n) is 24.3. The van der Waals surface area contributed by atoms with Crippen LogP contribution >= 0.6 is 0 Å². The Kier molecular flexibility index (Phi) is 13.9. The molecule has 1 aromatic rings. The molecule has 4 atom stereocenters. The number of hydrogen-bond donors (Lipinski definition) is 2. The van der Waals surface area contributed by atoms with Crippen molar-refractivity contribution < 1.29 is 38.6 Å². The molecule has 0 radical (unpaired) electrons. The van der Waals surface area contributed by atoms with Crippen molar-refractivity contribution >= 4 is 29.6 Å². The molecule has 2 N–H and O–H groups in total. The van der Waals surface area contributed by atoms with Crippen molar-refractivity contribution in [3.8, 4) is 0 Å². The second-order valence-electron chi connectivity index (χ2n) is 11.4. The minimum Gasteiger partial charge on any atom is -0.481 e. The molecule has 0 aliphatic rings. The van der Waals surface area contributed by atoms with Crippen molar-refractivity contribution in [2.24, 2.45) is 23.7 Å². The number of benzene rings is 1. The number of esters is 2. The van der Waals surface area contributed by atoms with Gasteiger partial charge in [-0.1, -0.05) is 64.4 Å². The van der Waals surface area contributed by atoms with Gasteiger partial charge in [0.1, 0.15) is 12.2 Å². The Bertz CT molecular complexity index is 967. The summed E-state index contributed by atoms with van der Waals surface area (Å²) in [6, 6.07) is 8.07. The molecular formula is C30H45NO8. The van der Waals surface area contributed by atoms with Crippen LogP contribution in [0.3, 0.4) is 0 Å². The van der Waals surface area contributed by atoms with E-state index < -0.39 is 53.1 Å². The normalized spacial score (nSPS) is 14.6. The Labute approximate surface area is 232 Å². The first kappa shape index (κ1) is 33.8. The average molecular weight is 548 g/mol. The van der Waals surface area contributed by atoms with Gasteiger partial charge in [0.25, 0.3) is 0 Å². The van der Waals surface area contributed by atoms with Crippen molar-refractivity contribution in [2.45, 2.75) is 98.8 Å². The molecule has 9 heteroatoms. The molecule has 0 spiro atoms. The van der Waals surface area contributed by atoms with E-state index in [1.165, 1.54) is 0 Å². The maximum atomic E-state index is 13.3. The lowest BCUT2D eigenvalue weighted by Crippen LogP contribution is -2.46. The van der Waals surface area contributed by atoms with Gasteiger partial charge in [0.05, 0.1) is 24.3 Å². The second kappa shape index (κ2) is 16.0. The van der Waals surface area contributed by atoms with Crippen LogP contribution in [0, 0.1) is 23.7 Å². The van der Waals surface area contributed by atoms with Crippen LogP contribution in [0.5, 0.6) is 0 Å². The van der Waals surface area contributed by atoms with Crippen LogP contribution in [0.2, 0.25) is 0 Å². The molecular weight excluding hydrogens is 502 g/mol. The summed E-state index contributed by atoms with van der Waals surface area (Å²) in [7, 11) is 0. The first-order chi connectivity index (χ1) is 18.1. The maximum absolute atomic E-state index is 13.3. The quantitative estimate of drug-likeness (QED) is 0.284. The SMILES string of the molecule is CCC(C)[C@@H](CC(=O)[C@H](CCC(=O)OC(C)(C)C)NC(=O)[C@@H](CC(=O)OCc1ccccc1)C(C)C)C(=O)O. The molecule has 1 unspecified atom stereocenters. The summed E-state index contributed by atoms with van der Waals surface area (Å²) in [5.41, 5.74) is 0.103. The third kappa shape index (κ3) is 12.9. The number of amides is 1. The van der Waals surface area contributed by atoms with E-state index in [1.54, 1.807) is 41.5 Å². The van der Waals surface area contributed by atoms with Gasteiger partial charge in [-0.3, -0.25) is 24.0 Å². The highest BCUT2D eigenvalue weighted by Gasteiger charge is 2.33. The lowest BCUT2D eigenvalue weighted by molar-refractivity contribution is -0.155. The Balaban J connectivity index is 3.00. The third-order valence-corrected chi connectivity index (χ3v) is 6.60. The highest BCUT2D eigenvalue weighted by molar-refractivity contribution is 5.93. The van der Waals surface area contributed by atoms with Crippen molar-refractivity contribution in [3.05, 3.63) is 35.9 Å². The molecule has 0 aliphatic heterocycles. The monoisotopic (exact) mass is 547 g/mol. The van der Waals surface area contributed by atoms with Gasteiger partial charge in [0.2, 0.25) is 5.91 Å². The van der Waals surface area contributed by atoms with Gasteiger partial charge in [0, 0.05) is 12.8 Å². The molecule has 9 nitrogen and oxygen atoms in total. The minimum atomic E-state index is -1.10. The Morgan fingerprint density at radius 2 is 1.54 bits per heavy atom. The summed E-state index contributed by atoms with van der Waals surface area (Å²) in [5, 5.41) is 12.4. The number of ether oxygens (including phenoxy) is 2. The number of aliphatic carboxylic acids is 1. The minimum absolute atomic E-state index is 0.0460. The fourth-order valence-electron chi connectivity index (χ4n) is 4.03. The van der Waals surface area contributed by atoms with E-state index in [-0.39, 0.29) is 44.1 Å². The third-order valence-electron chi connectivity index (χ3n) is 6.60. The zero-order chi connectivity index (χ0) is 29.8. The molecule has 1 rings (SSSR count). The van der Waals surface area contributed by atoms with E-state index in [0.717, 1.165) is 5.56 Å². The maximum Gasteiger partial charge on any atom is 0.307 e. The zero-order valence-corrected chi connectivity index (χ0v) is 24.3. The Morgan fingerprint density at radius 3 is 2.05 bits per heavy atom. The number of rotatable bonds is 16. The average Bonchev–Trinajstić information content (AvgIpc) is 2.85. The molecule has 0 bridgehead atoms. The Morgan fingerprint density at radius 1 is 0.923 bits per heavy atom. The van der Waals surface area contributed by atoms with Gasteiger partial charge in [-0.25, -0.2) is 0 Å². The number of carbonyl (C=O) groups is 5. The molecule has 0 saturated heterocycles. The van der Waals surface area contributed by atoms with Crippen molar-refractivity contribution in [1.82, 2.24) is 5.32 Å². The van der Waals surface area contributed by atoms with Crippen LogP contribution in [0.25, 0.3) is 0 Å².